The van der Waals surface area contributed by atoms with Crippen LogP contribution in [0.4, 0.5) is 0 Å². The third kappa shape index (κ3) is 5.35. The molecule has 2 aromatic heterocycles. The average Bonchev–Trinajstić information content (AvgIpc) is 3.37. The van der Waals surface area contributed by atoms with Gasteiger partial charge in [0, 0.05) is 64.5 Å². The molecule has 28 heavy (non-hydrogen) atoms. The van der Waals surface area contributed by atoms with Crippen molar-refractivity contribution in [3.63, 3.8) is 0 Å². The van der Waals surface area contributed by atoms with Gasteiger partial charge in [-0.1, -0.05) is 5.16 Å². The van der Waals surface area contributed by atoms with Gasteiger partial charge in [0.25, 0.3) is 5.91 Å². The fraction of sp³-hybridized carbons (Fsp3) is 0.526. The third-order valence-electron chi connectivity index (χ3n) is 4.75. The summed E-state index contributed by atoms with van der Waals surface area (Å²) in [6, 6.07) is 3.69. The number of aryl methyl sites for hydroxylation is 1. The van der Waals surface area contributed by atoms with Gasteiger partial charge in [0.2, 0.25) is 0 Å². The number of rotatable bonds is 7. The molecule has 1 fully saturated rings. The van der Waals surface area contributed by atoms with Crippen molar-refractivity contribution in [3.8, 4) is 0 Å². The second-order valence-corrected chi connectivity index (χ2v) is 6.77. The van der Waals surface area contributed by atoms with Gasteiger partial charge >= 0.3 is 0 Å². The Labute approximate surface area is 164 Å². The summed E-state index contributed by atoms with van der Waals surface area (Å²) in [5, 5.41) is 10.2. The monoisotopic (exact) mass is 388 g/mol. The molecule has 0 atom stereocenters. The highest BCUT2D eigenvalue weighted by Crippen LogP contribution is 2.08. The van der Waals surface area contributed by atoms with Gasteiger partial charge in [-0.15, -0.1) is 0 Å². The first-order valence-electron chi connectivity index (χ1n) is 9.57. The molecule has 1 saturated heterocycles. The number of aromatic nitrogens is 1. The zero-order valence-electron chi connectivity index (χ0n) is 16.5. The van der Waals surface area contributed by atoms with Crippen LogP contribution in [-0.2, 0) is 6.54 Å². The van der Waals surface area contributed by atoms with Crippen LogP contribution in [0.15, 0.2) is 38.6 Å². The molecule has 3 rings (SSSR count). The summed E-state index contributed by atoms with van der Waals surface area (Å²) in [5.41, 5.74) is 1.81. The number of carbonyl (C=O) groups excluding carboxylic acids is 1. The van der Waals surface area contributed by atoms with E-state index in [0.29, 0.717) is 12.3 Å². The molecule has 0 unspecified atom stereocenters. The molecule has 0 radical (unpaired) electrons. The molecule has 0 bridgehead atoms. The minimum absolute atomic E-state index is 0.171. The Hall–Kier alpha value is -2.81. The Morgan fingerprint density at radius 1 is 1.18 bits per heavy atom. The molecular weight excluding hydrogens is 360 g/mol. The summed E-state index contributed by atoms with van der Waals surface area (Å²) in [6.45, 7) is 7.70. The second kappa shape index (κ2) is 9.93. The van der Waals surface area contributed by atoms with Crippen LogP contribution in [-0.4, -0.2) is 73.1 Å². The second-order valence-electron chi connectivity index (χ2n) is 6.77. The molecule has 9 heteroatoms. The first-order chi connectivity index (χ1) is 13.7. The molecule has 2 aromatic rings. The Kier molecular flexibility index (Phi) is 7.07. The number of nitrogens with one attached hydrogen (secondary N) is 2. The van der Waals surface area contributed by atoms with Gasteiger partial charge in [0.1, 0.15) is 6.26 Å². The Morgan fingerprint density at radius 3 is 2.61 bits per heavy atom. The molecule has 1 aliphatic rings. The number of nitrogens with zero attached hydrogens (tertiary/aromatic N) is 4. The topological polar surface area (TPSA) is 99.1 Å². The van der Waals surface area contributed by atoms with Crippen LogP contribution in [0.5, 0.6) is 0 Å². The summed E-state index contributed by atoms with van der Waals surface area (Å²) in [5.74, 6) is 1.11. The predicted molar refractivity (Wildman–Crippen MR) is 105 cm³/mol. The molecular formula is C19H28N6O3. The summed E-state index contributed by atoms with van der Waals surface area (Å²) in [6.07, 6.45) is 3.94. The molecule has 9 nitrogen and oxygen atoms in total. The predicted octanol–water partition coefficient (Wildman–Crippen LogP) is 1.09. The summed E-state index contributed by atoms with van der Waals surface area (Å²) in [4.78, 5) is 21.0. The number of amides is 1. The van der Waals surface area contributed by atoms with Gasteiger partial charge in [-0.2, -0.15) is 0 Å². The zero-order chi connectivity index (χ0) is 19.8. The smallest absolute Gasteiger partial charge is 0.287 e. The average molecular weight is 388 g/mol. The van der Waals surface area contributed by atoms with Gasteiger partial charge in [-0.05, 0) is 19.4 Å². The highest BCUT2D eigenvalue weighted by molar-refractivity contribution is 5.92. The van der Waals surface area contributed by atoms with E-state index in [-0.39, 0.29) is 5.91 Å². The van der Waals surface area contributed by atoms with Crippen molar-refractivity contribution in [2.24, 2.45) is 4.99 Å². The number of piperazine rings is 1. The lowest BCUT2D eigenvalue weighted by molar-refractivity contribution is 0.0925. The largest absolute Gasteiger partial charge is 0.459 e. The summed E-state index contributed by atoms with van der Waals surface area (Å²) < 4.78 is 10.1. The maximum atomic E-state index is 12.0. The molecule has 0 aliphatic carbocycles. The van der Waals surface area contributed by atoms with E-state index < -0.39 is 0 Å². The van der Waals surface area contributed by atoms with E-state index in [4.69, 9.17) is 8.94 Å². The molecule has 3 heterocycles. The van der Waals surface area contributed by atoms with E-state index in [1.807, 2.05) is 13.0 Å². The maximum absolute atomic E-state index is 12.0. The first kappa shape index (κ1) is 19.9. The number of furan rings is 1. The molecule has 0 spiro atoms. The Balaban J connectivity index is 1.32. The lowest BCUT2D eigenvalue weighted by atomic mass is 10.2. The number of hydrogen-bond donors (Lipinski definition) is 2. The SMILES string of the molecule is CN=C(NCCCNC(=O)c1occc1C)N1CCN(Cc2ccon2)CC1. The van der Waals surface area contributed by atoms with E-state index in [2.05, 4.69) is 30.6 Å². The summed E-state index contributed by atoms with van der Waals surface area (Å²) >= 11 is 0. The number of guanidine groups is 1. The Bertz CT molecular complexity index is 762. The van der Waals surface area contributed by atoms with Gasteiger partial charge in [0.15, 0.2) is 11.7 Å². The number of hydrogen-bond acceptors (Lipinski definition) is 6. The number of aliphatic imine (C=N–C) groups is 1. The highest BCUT2D eigenvalue weighted by Gasteiger charge is 2.20. The zero-order valence-corrected chi connectivity index (χ0v) is 16.5. The van der Waals surface area contributed by atoms with Crippen molar-refractivity contribution in [3.05, 3.63) is 41.7 Å². The molecule has 1 amide bonds. The van der Waals surface area contributed by atoms with Crippen LogP contribution >= 0.6 is 0 Å². The highest BCUT2D eigenvalue weighted by atomic mass is 16.5. The molecule has 0 saturated carbocycles. The van der Waals surface area contributed by atoms with Crippen molar-refractivity contribution in [1.29, 1.82) is 0 Å². The van der Waals surface area contributed by atoms with Gasteiger partial charge in [-0.25, -0.2) is 0 Å². The van der Waals surface area contributed by atoms with Crippen molar-refractivity contribution >= 4 is 11.9 Å². The van der Waals surface area contributed by atoms with Crippen molar-refractivity contribution in [2.45, 2.75) is 19.9 Å². The normalized spacial score (nSPS) is 15.6. The minimum atomic E-state index is -0.171. The van der Waals surface area contributed by atoms with Crippen LogP contribution in [0.1, 0.15) is 28.2 Å². The van der Waals surface area contributed by atoms with E-state index in [1.165, 1.54) is 6.26 Å². The fourth-order valence-corrected chi connectivity index (χ4v) is 3.17. The van der Waals surface area contributed by atoms with Gasteiger partial charge in [-0.3, -0.25) is 14.7 Å². The van der Waals surface area contributed by atoms with E-state index in [1.54, 1.807) is 19.4 Å². The lowest BCUT2D eigenvalue weighted by Gasteiger charge is -2.36. The van der Waals surface area contributed by atoms with Gasteiger partial charge < -0.3 is 24.5 Å². The molecule has 1 aliphatic heterocycles. The van der Waals surface area contributed by atoms with Crippen LogP contribution in [0, 0.1) is 6.92 Å². The molecule has 0 aromatic carbocycles. The van der Waals surface area contributed by atoms with Crippen molar-refractivity contribution in [2.75, 3.05) is 46.3 Å². The van der Waals surface area contributed by atoms with Crippen LogP contribution in [0.3, 0.4) is 0 Å². The molecule has 2 N–H and O–H groups in total. The van der Waals surface area contributed by atoms with E-state index in [9.17, 15) is 4.79 Å². The van der Waals surface area contributed by atoms with Gasteiger partial charge in [0.05, 0.1) is 12.0 Å². The number of carbonyl (C=O) groups is 1. The quantitative estimate of drug-likeness (QED) is 0.416. The van der Waals surface area contributed by atoms with E-state index in [0.717, 1.165) is 62.9 Å². The summed E-state index contributed by atoms with van der Waals surface area (Å²) in [7, 11) is 1.80. The van der Waals surface area contributed by atoms with Crippen molar-refractivity contribution in [1.82, 2.24) is 25.6 Å². The standard InChI is InChI=1S/C19H28N6O3/c1-15-4-12-27-17(15)18(26)21-6-3-7-22-19(20-2)25-10-8-24(9-11-25)14-16-5-13-28-23-16/h4-5,12-13H,3,6-11,14H2,1-2H3,(H,20,22)(H,21,26). The fourth-order valence-electron chi connectivity index (χ4n) is 3.17. The van der Waals surface area contributed by atoms with Crippen LogP contribution in [0.25, 0.3) is 0 Å². The third-order valence-corrected chi connectivity index (χ3v) is 4.75. The van der Waals surface area contributed by atoms with Crippen molar-refractivity contribution < 1.29 is 13.7 Å². The minimum Gasteiger partial charge on any atom is -0.459 e. The van der Waals surface area contributed by atoms with Crippen LogP contribution in [0.2, 0.25) is 0 Å². The first-order valence-corrected chi connectivity index (χ1v) is 9.57. The van der Waals surface area contributed by atoms with E-state index >= 15 is 0 Å². The Morgan fingerprint density at radius 2 is 1.96 bits per heavy atom. The van der Waals surface area contributed by atoms with Crippen LogP contribution < -0.4 is 10.6 Å². The lowest BCUT2D eigenvalue weighted by Crippen LogP contribution is -2.52. The molecule has 152 valence electrons. The maximum Gasteiger partial charge on any atom is 0.287 e.